The Morgan fingerprint density at radius 1 is 1.24 bits per heavy atom. The Kier molecular flexibility index (Phi) is 8.47. The number of benzene rings is 1. The molecule has 0 radical (unpaired) electrons. The Bertz CT molecular complexity index is 760. The van der Waals surface area contributed by atoms with Crippen LogP contribution in [0, 0.1) is 0 Å². The van der Waals surface area contributed by atoms with Crippen molar-refractivity contribution >= 4 is 18.3 Å². The lowest BCUT2D eigenvalue weighted by Gasteiger charge is -2.36. The molecular weight excluding hydrogens is 386 g/mol. The van der Waals surface area contributed by atoms with Gasteiger partial charge in [0.25, 0.3) is 0 Å². The topological polar surface area (TPSA) is 54.5 Å². The van der Waals surface area contributed by atoms with E-state index in [0.29, 0.717) is 19.4 Å². The molecule has 1 unspecified atom stereocenters. The molecule has 1 aromatic heterocycles. The van der Waals surface area contributed by atoms with Crippen molar-refractivity contribution in [2.75, 3.05) is 26.2 Å². The Morgan fingerprint density at radius 3 is 2.66 bits per heavy atom. The minimum absolute atomic E-state index is 0. The second-order valence-corrected chi connectivity index (χ2v) is 8.32. The third-order valence-electron chi connectivity index (χ3n) is 5.16. The molecule has 0 aliphatic carbocycles. The molecule has 158 valence electrons. The van der Waals surface area contributed by atoms with E-state index in [4.69, 9.17) is 4.74 Å². The zero-order valence-electron chi connectivity index (χ0n) is 17.6. The summed E-state index contributed by atoms with van der Waals surface area (Å²) in [6.45, 7) is 9.47. The largest absolute Gasteiger partial charge is 0.494 e. The van der Waals surface area contributed by atoms with E-state index in [0.717, 1.165) is 30.9 Å². The maximum absolute atomic E-state index is 12.8. The number of halogens is 1. The quantitative estimate of drug-likeness (QED) is 0.718. The van der Waals surface area contributed by atoms with Gasteiger partial charge in [-0.2, -0.15) is 0 Å². The van der Waals surface area contributed by atoms with E-state index < -0.39 is 0 Å². The zero-order chi connectivity index (χ0) is 20.0. The Labute approximate surface area is 180 Å². The van der Waals surface area contributed by atoms with E-state index in [1.54, 1.807) is 6.20 Å². The van der Waals surface area contributed by atoms with Gasteiger partial charge in [0.2, 0.25) is 5.91 Å². The van der Waals surface area contributed by atoms with Gasteiger partial charge in [0.15, 0.2) is 0 Å². The van der Waals surface area contributed by atoms with E-state index in [-0.39, 0.29) is 29.8 Å². The van der Waals surface area contributed by atoms with Gasteiger partial charge in [0.1, 0.15) is 5.75 Å². The molecule has 1 aromatic carbocycles. The van der Waals surface area contributed by atoms with Crippen LogP contribution in [0.3, 0.4) is 0 Å². The third kappa shape index (κ3) is 6.44. The first kappa shape index (κ1) is 23.2. The second-order valence-electron chi connectivity index (χ2n) is 8.32. The summed E-state index contributed by atoms with van der Waals surface area (Å²) in [5.74, 6) is 1.04. The van der Waals surface area contributed by atoms with Gasteiger partial charge in [-0.25, -0.2) is 0 Å². The summed E-state index contributed by atoms with van der Waals surface area (Å²) in [7, 11) is 0. The highest BCUT2D eigenvalue weighted by atomic mass is 35.5. The predicted octanol–water partition coefficient (Wildman–Crippen LogP) is 4.13. The molecule has 6 heteroatoms. The normalized spacial score (nSPS) is 16.8. The van der Waals surface area contributed by atoms with Gasteiger partial charge in [-0.05, 0) is 41.2 Å². The van der Waals surface area contributed by atoms with Crippen LogP contribution in [0.2, 0.25) is 0 Å². The highest BCUT2D eigenvalue weighted by Gasteiger charge is 2.27. The number of carbonyl (C=O) groups excluding carboxylic acids is 1. The van der Waals surface area contributed by atoms with Gasteiger partial charge in [-0.3, -0.25) is 9.78 Å². The average Bonchev–Trinajstić information content (AvgIpc) is 2.71. The van der Waals surface area contributed by atoms with E-state index in [2.05, 4.69) is 43.2 Å². The van der Waals surface area contributed by atoms with Gasteiger partial charge < -0.3 is 15.0 Å². The maximum atomic E-state index is 12.8. The van der Waals surface area contributed by atoms with Crippen molar-refractivity contribution in [3.05, 3.63) is 59.9 Å². The van der Waals surface area contributed by atoms with Crippen LogP contribution in [0.5, 0.6) is 5.75 Å². The van der Waals surface area contributed by atoms with Gasteiger partial charge in [-0.15, -0.1) is 12.4 Å². The molecule has 1 aliphatic rings. The molecule has 1 N–H and O–H groups in total. The fourth-order valence-electron chi connectivity index (χ4n) is 3.48. The van der Waals surface area contributed by atoms with Crippen LogP contribution in [0.4, 0.5) is 0 Å². The summed E-state index contributed by atoms with van der Waals surface area (Å²) >= 11 is 0. The fourth-order valence-corrected chi connectivity index (χ4v) is 3.48. The number of ether oxygens (including phenoxy) is 1. The lowest BCUT2D eigenvalue weighted by Crippen LogP contribution is -2.48. The minimum atomic E-state index is 0. The van der Waals surface area contributed by atoms with Crippen molar-refractivity contribution in [1.82, 2.24) is 15.2 Å². The molecule has 0 spiro atoms. The highest BCUT2D eigenvalue weighted by Crippen LogP contribution is 2.25. The first-order chi connectivity index (χ1) is 13.4. The lowest BCUT2D eigenvalue weighted by atomic mass is 9.87. The second kappa shape index (κ2) is 10.6. The Balaban J connectivity index is 0.00000300. The smallest absolute Gasteiger partial charge is 0.223 e. The number of rotatable bonds is 6. The van der Waals surface area contributed by atoms with E-state index in [1.807, 2.05) is 35.4 Å². The number of carbonyl (C=O) groups is 1. The van der Waals surface area contributed by atoms with Crippen molar-refractivity contribution < 1.29 is 9.53 Å². The molecule has 0 bridgehead atoms. The molecule has 3 rings (SSSR count). The fraction of sp³-hybridized carbons (Fsp3) is 0.478. The van der Waals surface area contributed by atoms with Crippen molar-refractivity contribution in [3.8, 4) is 5.75 Å². The average molecular weight is 418 g/mol. The van der Waals surface area contributed by atoms with Crippen molar-refractivity contribution in [1.29, 1.82) is 0 Å². The first-order valence-electron chi connectivity index (χ1n) is 10.1. The molecule has 0 saturated carbocycles. The first-order valence-corrected chi connectivity index (χ1v) is 10.1. The summed E-state index contributed by atoms with van der Waals surface area (Å²) in [6.07, 6.45) is 4.82. The minimum Gasteiger partial charge on any atom is -0.494 e. The number of pyridine rings is 1. The summed E-state index contributed by atoms with van der Waals surface area (Å²) < 4.78 is 5.83. The number of aromatic nitrogens is 1. The molecule has 5 nitrogen and oxygen atoms in total. The number of amides is 1. The summed E-state index contributed by atoms with van der Waals surface area (Å²) in [5, 5.41) is 3.38. The van der Waals surface area contributed by atoms with E-state index >= 15 is 0 Å². The van der Waals surface area contributed by atoms with Crippen molar-refractivity contribution in [2.45, 2.75) is 45.1 Å². The highest BCUT2D eigenvalue weighted by molar-refractivity contribution is 5.85. The van der Waals surface area contributed by atoms with Gasteiger partial charge >= 0.3 is 0 Å². The molecule has 1 fully saturated rings. The van der Waals surface area contributed by atoms with Crippen LogP contribution in [0.15, 0.2) is 48.8 Å². The number of nitrogens with one attached hydrogen (secondary N) is 1. The number of nitrogens with zero attached hydrogens (tertiary/aromatic N) is 2. The van der Waals surface area contributed by atoms with Crippen LogP contribution in [-0.4, -0.2) is 42.0 Å². The van der Waals surface area contributed by atoms with Crippen LogP contribution < -0.4 is 10.1 Å². The van der Waals surface area contributed by atoms with Crippen LogP contribution >= 0.6 is 12.4 Å². The molecular formula is C23H32ClN3O2. The predicted molar refractivity (Wildman–Crippen MR) is 119 cm³/mol. The third-order valence-corrected chi connectivity index (χ3v) is 5.16. The standard InChI is InChI=1S/C23H31N3O2.ClH/c1-23(2,3)19-8-10-20(11-9-19)28-15-5-7-22(27)26-14-13-25-17-21(26)18-6-4-12-24-16-18;/h4,6,8-12,16,21,25H,5,7,13-15,17H2,1-3H3;1H. The van der Waals surface area contributed by atoms with Gasteiger partial charge in [0.05, 0.1) is 12.6 Å². The van der Waals surface area contributed by atoms with Crippen LogP contribution in [0.25, 0.3) is 0 Å². The van der Waals surface area contributed by atoms with Crippen LogP contribution in [0.1, 0.15) is 50.8 Å². The molecule has 29 heavy (non-hydrogen) atoms. The summed E-state index contributed by atoms with van der Waals surface area (Å²) in [4.78, 5) is 18.9. The van der Waals surface area contributed by atoms with E-state index in [1.165, 1.54) is 5.56 Å². The van der Waals surface area contributed by atoms with Gasteiger partial charge in [-0.1, -0.05) is 39.0 Å². The van der Waals surface area contributed by atoms with Crippen LogP contribution in [-0.2, 0) is 10.2 Å². The summed E-state index contributed by atoms with van der Waals surface area (Å²) in [6, 6.07) is 12.3. The number of piperazine rings is 1. The monoisotopic (exact) mass is 417 g/mol. The number of hydrogen-bond acceptors (Lipinski definition) is 4. The SMILES string of the molecule is CC(C)(C)c1ccc(OCCCC(=O)N2CCNCC2c2cccnc2)cc1.Cl. The molecule has 1 aliphatic heterocycles. The Hall–Kier alpha value is -2.11. The molecule has 2 heterocycles. The van der Waals surface area contributed by atoms with Gasteiger partial charge in [0, 0.05) is 38.4 Å². The summed E-state index contributed by atoms with van der Waals surface area (Å²) in [5.41, 5.74) is 2.51. The molecule has 1 amide bonds. The van der Waals surface area contributed by atoms with Crippen molar-refractivity contribution in [3.63, 3.8) is 0 Å². The molecule has 1 atom stereocenters. The molecule has 2 aromatic rings. The Morgan fingerprint density at radius 2 is 2.00 bits per heavy atom. The maximum Gasteiger partial charge on any atom is 0.223 e. The molecule has 1 saturated heterocycles. The van der Waals surface area contributed by atoms with Crippen molar-refractivity contribution in [2.24, 2.45) is 0 Å². The lowest BCUT2D eigenvalue weighted by molar-refractivity contribution is -0.134. The van der Waals surface area contributed by atoms with E-state index in [9.17, 15) is 4.79 Å². The zero-order valence-corrected chi connectivity index (χ0v) is 18.4. The number of hydrogen-bond donors (Lipinski definition) is 1.